The second-order valence-electron chi connectivity index (χ2n) is 7.09. The Bertz CT molecular complexity index is 580. The Morgan fingerprint density at radius 1 is 1.00 bits per heavy atom. The second-order valence-corrected chi connectivity index (χ2v) is 7.09. The molecule has 124 valence electrons. The monoisotopic (exact) mass is 315 g/mol. The van der Waals surface area contributed by atoms with Crippen LogP contribution in [0.5, 0.6) is 11.5 Å². The van der Waals surface area contributed by atoms with E-state index in [9.17, 15) is 4.79 Å². The summed E-state index contributed by atoms with van der Waals surface area (Å²) in [5.41, 5.74) is 0.657. The fourth-order valence-corrected chi connectivity index (χ4v) is 4.45. The first-order chi connectivity index (χ1) is 11.3. The summed E-state index contributed by atoms with van der Waals surface area (Å²) in [5.74, 6) is 2.92. The molecule has 4 heteroatoms. The average Bonchev–Trinajstić information content (AvgIpc) is 3.11. The summed E-state index contributed by atoms with van der Waals surface area (Å²) in [6.45, 7) is 1.99. The summed E-state index contributed by atoms with van der Waals surface area (Å²) in [7, 11) is 0. The molecule has 0 bridgehead atoms. The van der Waals surface area contributed by atoms with Gasteiger partial charge in [-0.25, -0.2) is 0 Å². The van der Waals surface area contributed by atoms with E-state index >= 15 is 0 Å². The predicted octanol–water partition coefficient (Wildman–Crippen LogP) is 3.85. The molecule has 3 aliphatic rings. The molecule has 23 heavy (non-hydrogen) atoms. The minimum atomic E-state index is 0.104. The minimum absolute atomic E-state index is 0.104. The number of hydrogen-bond donors (Lipinski definition) is 0. The van der Waals surface area contributed by atoms with Gasteiger partial charge in [-0.1, -0.05) is 38.2 Å². The average molecular weight is 315 g/mol. The van der Waals surface area contributed by atoms with E-state index in [1.54, 1.807) is 0 Å². The number of carbonyl (C=O) groups excluding carboxylic acids is 1. The van der Waals surface area contributed by atoms with Gasteiger partial charge in [0, 0.05) is 13.1 Å². The van der Waals surface area contributed by atoms with E-state index in [0.717, 1.165) is 25.4 Å². The summed E-state index contributed by atoms with van der Waals surface area (Å²) in [4.78, 5) is 15.0. The number of likely N-dealkylation sites (tertiary alicyclic amines) is 1. The van der Waals surface area contributed by atoms with Crippen LogP contribution >= 0.6 is 0 Å². The van der Waals surface area contributed by atoms with Crippen molar-refractivity contribution in [3.8, 4) is 11.5 Å². The number of piperidine rings is 1. The number of rotatable bonds is 2. The molecule has 1 saturated heterocycles. The number of nitrogens with zero attached hydrogens (tertiary/aromatic N) is 1. The lowest BCUT2D eigenvalue weighted by Crippen LogP contribution is -2.42. The van der Waals surface area contributed by atoms with Crippen molar-refractivity contribution in [3.05, 3.63) is 23.8 Å². The van der Waals surface area contributed by atoms with Crippen LogP contribution in [-0.4, -0.2) is 30.7 Å². The highest BCUT2D eigenvalue weighted by atomic mass is 16.7. The Kier molecular flexibility index (Phi) is 4.15. The lowest BCUT2D eigenvalue weighted by Gasteiger charge is -2.38. The van der Waals surface area contributed by atoms with Gasteiger partial charge in [0.15, 0.2) is 11.5 Å². The molecule has 0 N–H and O–H groups in total. The molecule has 2 aliphatic heterocycles. The smallest absolute Gasteiger partial charge is 0.257 e. The van der Waals surface area contributed by atoms with Gasteiger partial charge in [0.25, 0.3) is 5.91 Å². The van der Waals surface area contributed by atoms with Gasteiger partial charge in [-0.3, -0.25) is 4.79 Å². The maximum Gasteiger partial charge on any atom is 0.257 e. The summed E-state index contributed by atoms with van der Waals surface area (Å²) < 4.78 is 10.9. The normalized spacial score (nSPS) is 24.7. The highest BCUT2D eigenvalue weighted by molar-refractivity contribution is 5.98. The third-order valence-corrected chi connectivity index (χ3v) is 5.69. The lowest BCUT2D eigenvalue weighted by molar-refractivity contribution is 0.0596. The van der Waals surface area contributed by atoms with Crippen molar-refractivity contribution >= 4 is 5.91 Å². The fourth-order valence-electron chi connectivity index (χ4n) is 4.45. The second kappa shape index (κ2) is 6.42. The third-order valence-electron chi connectivity index (χ3n) is 5.69. The number of carbonyl (C=O) groups is 1. The Hall–Kier alpha value is -1.71. The van der Waals surface area contributed by atoms with Crippen molar-refractivity contribution in [1.82, 2.24) is 4.90 Å². The summed E-state index contributed by atoms with van der Waals surface area (Å²) in [5, 5.41) is 0. The zero-order valence-electron chi connectivity index (χ0n) is 13.6. The van der Waals surface area contributed by atoms with E-state index in [0.29, 0.717) is 23.0 Å². The Labute approximate surface area is 137 Å². The first-order valence-corrected chi connectivity index (χ1v) is 9.01. The van der Waals surface area contributed by atoms with E-state index in [1.165, 1.54) is 38.5 Å². The zero-order valence-corrected chi connectivity index (χ0v) is 13.6. The molecule has 0 spiro atoms. The molecule has 0 aromatic heterocycles. The fraction of sp³-hybridized carbons (Fsp3) is 0.632. The van der Waals surface area contributed by atoms with Crippen LogP contribution in [0, 0.1) is 11.8 Å². The van der Waals surface area contributed by atoms with Gasteiger partial charge >= 0.3 is 0 Å². The van der Waals surface area contributed by atoms with Crippen molar-refractivity contribution in [2.75, 3.05) is 19.9 Å². The van der Waals surface area contributed by atoms with Gasteiger partial charge in [-0.2, -0.15) is 0 Å². The topological polar surface area (TPSA) is 38.8 Å². The highest BCUT2D eigenvalue weighted by Gasteiger charge is 2.32. The van der Waals surface area contributed by atoms with E-state index < -0.39 is 0 Å². The Balaban J connectivity index is 1.49. The molecule has 4 nitrogen and oxygen atoms in total. The van der Waals surface area contributed by atoms with E-state index in [-0.39, 0.29) is 12.7 Å². The van der Waals surface area contributed by atoms with Crippen LogP contribution in [0.2, 0.25) is 0 Å². The quantitative estimate of drug-likeness (QED) is 0.832. The molecular weight excluding hydrogens is 290 g/mol. The molecule has 1 amide bonds. The predicted molar refractivity (Wildman–Crippen MR) is 87.8 cm³/mol. The summed E-state index contributed by atoms with van der Waals surface area (Å²) in [6.07, 6.45) is 9.23. The number of ether oxygens (including phenoxy) is 2. The molecule has 1 aromatic rings. The zero-order chi connectivity index (χ0) is 15.6. The molecule has 1 atom stereocenters. The van der Waals surface area contributed by atoms with Crippen LogP contribution in [0.15, 0.2) is 18.2 Å². The molecule has 2 heterocycles. The standard InChI is InChI=1S/C19H25NO3/c21-19(16-9-4-10-17-18(16)23-13-22-17)20-11-5-8-15(12-20)14-6-2-1-3-7-14/h4,9-10,14-15H,1-3,5-8,11-13H2. The van der Waals surface area contributed by atoms with E-state index in [2.05, 4.69) is 0 Å². The van der Waals surface area contributed by atoms with Crippen LogP contribution in [0.25, 0.3) is 0 Å². The lowest BCUT2D eigenvalue weighted by atomic mass is 9.76. The van der Waals surface area contributed by atoms with Gasteiger partial charge in [-0.15, -0.1) is 0 Å². The molecule has 1 unspecified atom stereocenters. The van der Waals surface area contributed by atoms with Gasteiger partial charge in [0.2, 0.25) is 6.79 Å². The van der Waals surface area contributed by atoms with Crippen molar-refractivity contribution in [1.29, 1.82) is 0 Å². The highest BCUT2D eigenvalue weighted by Crippen LogP contribution is 2.38. The molecule has 1 saturated carbocycles. The third kappa shape index (κ3) is 2.91. The van der Waals surface area contributed by atoms with Gasteiger partial charge in [0.05, 0.1) is 5.56 Å². The largest absolute Gasteiger partial charge is 0.454 e. The molecular formula is C19H25NO3. The van der Waals surface area contributed by atoms with Crippen LogP contribution in [0.3, 0.4) is 0 Å². The number of hydrogen-bond acceptors (Lipinski definition) is 3. The SMILES string of the molecule is O=C(c1cccc2c1OCO2)N1CCCC(C2CCCCC2)C1. The molecule has 1 aliphatic carbocycles. The van der Waals surface area contributed by atoms with Crippen molar-refractivity contribution in [2.45, 2.75) is 44.9 Å². The van der Waals surface area contributed by atoms with Gasteiger partial charge in [0.1, 0.15) is 0 Å². The van der Waals surface area contributed by atoms with Gasteiger partial charge < -0.3 is 14.4 Å². The van der Waals surface area contributed by atoms with Crippen molar-refractivity contribution in [3.63, 3.8) is 0 Å². The number of fused-ring (bicyclic) bond motifs is 1. The molecule has 0 radical (unpaired) electrons. The number of amides is 1. The Morgan fingerprint density at radius 2 is 1.83 bits per heavy atom. The Morgan fingerprint density at radius 3 is 2.70 bits per heavy atom. The molecule has 1 aromatic carbocycles. The maximum atomic E-state index is 13.0. The molecule has 4 rings (SSSR count). The van der Waals surface area contributed by atoms with Crippen LogP contribution < -0.4 is 9.47 Å². The molecule has 2 fully saturated rings. The number of para-hydroxylation sites is 1. The van der Waals surface area contributed by atoms with E-state index in [1.807, 2.05) is 23.1 Å². The van der Waals surface area contributed by atoms with Crippen LogP contribution in [0.4, 0.5) is 0 Å². The van der Waals surface area contributed by atoms with Gasteiger partial charge in [-0.05, 0) is 36.8 Å². The maximum absolute atomic E-state index is 13.0. The summed E-state index contributed by atoms with van der Waals surface area (Å²) >= 11 is 0. The van der Waals surface area contributed by atoms with Crippen LogP contribution in [-0.2, 0) is 0 Å². The summed E-state index contributed by atoms with van der Waals surface area (Å²) in [6, 6.07) is 5.60. The van der Waals surface area contributed by atoms with Crippen molar-refractivity contribution < 1.29 is 14.3 Å². The van der Waals surface area contributed by atoms with Crippen LogP contribution in [0.1, 0.15) is 55.3 Å². The minimum Gasteiger partial charge on any atom is -0.454 e. The first-order valence-electron chi connectivity index (χ1n) is 9.01. The number of benzene rings is 1. The van der Waals surface area contributed by atoms with E-state index in [4.69, 9.17) is 9.47 Å². The van der Waals surface area contributed by atoms with Crippen molar-refractivity contribution in [2.24, 2.45) is 11.8 Å². The first kappa shape index (κ1) is 14.9.